The number of hydrogen-bond donors (Lipinski definition) is 1. The van der Waals surface area contributed by atoms with Gasteiger partial charge in [0.1, 0.15) is 11.3 Å². The third kappa shape index (κ3) is 3.29. The number of nitrogens with zero attached hydrogens (tertiary/aromatic N) is 1. The number of furan rings is 1. The van der Waals surface area contributed by atoms with E-state index < -0.39 is 5.97 Å². The molecule has 0 bridgehead atoms. The van der Waals surface area contributed by atoms with Crippen LogP contribution in [0.1, 0.15) is 16.2 Å². The topological polar surface area (TPSA) is 96.5 Å². The molecule has 28 heavy (non-hydrogen) atoms. The van der Waals surface area contributed by atoms with Crippen LogP contribution in [-0.4, -0.2) is 23.6 Å². The van der Waals surface area contributed by atoms with Crippen LogP contribution in [0.4, 0.5) is 0 Å². The van der Waals surface area contributed by atoms with Crippen LogP contribution in [-0.2, 0) is 17.9 Å². The average molecular weight is 377 g/mol. The first kappa shape index (κ1) is 17.7. The number of carboxylic acids is 1. The first-order valence-corrected chi connectivity index (χ1v) is 8.68. The van der Waals surface area contributed by atoms with Crippen LogP contribution in [0.3, 0.4) is 0 Å². The summed E-state index contributed by atoms with van der Waals surface area (Å²) in [4.78, 5) is 23.7. The number of methoxy groups -OCH3 is 1. The molecule has 0 aliphatic rings. The molecule has 142 valence electrons. The minimum atomic E-state index is -1.21. The fourth-order valence-electron chi connectivity index (χ4n) is 3.25. The normalized spacial score (nSPS) is 11.0. The fourth-order valence-corrected chi connectivity index (χ4v) is 3.25. The first-order valence-electron chi connectivity index (χ1n) is 8.68. The number of carbonyl (C=O) groups excluding carboxylic acids is 2. The lowest BCUT2D eigenvalue weighted by Gasteiger charge is -2.12. The number of benzene rings is 2. The van der Waals surface area contributed by atoms with Gasteiger partial charge in [0.25, 0.3) is 5.91 Å². The number of fused-ring (bicyclic) bond motifs is 2. The second-order valence-corrected chi connectivity index (χ2v) is 6.35. The summed E-state index contributed by atoms with van der Waals surface area (Å²) in [5.74, 6) is -0.724. The van der Waals surface area contributed by atoms with Gasteiger partial charge in [0.2, 0.25) is 0 Å². The van der Waals surface area contributed by atoms with E-state index in [1.165, 1.54) is 0 Å². The minimum Gasteiger partial charge on any atom is -0.548 e. The Kier molecular flexibility index (Phi) is 4.49. The molecule has 2 aromatic heterocycles. The summed E-state index contributed by atoms with van der Waals surface area (Å²) in [5, 5.41) is 15.6. The second-order valence-electron chi connectivity index (χ2n) is 6.35. The molecule has 1 N–H and O–H groups in total. The quantitative estimate of drug-likeness (QED) is 0.555. The SMILES string of the molecule is COc1ccc2c(c1)cc(CNC(=O)c1cc3ccccc3o1)n2CC(=O)[O-]. The lowest BCUT2D eigenvalue weighted by Crippen LogP contribution is -2.29. The van der Waals surface area contributed by atoms with E-state index in [0.29, 0.717) is 17.0 Å². The van der Waals surface area contributed by atoms with E-state index in [0.717, 1.165) is 16.3 Å². The Morgan fingerprint density at radius 2 is 1.93 bits per heavy atom. The molecule has 7 nitrogen and oxygen atoms in total. The number of rotatable bonds is 6. The van der Waals surface area contributed by atoms with Gasteiger partial charge in [0, 0.05) is 22.0 Å². The summed E-state index contributed by atoms with van der Waals surface area (Å²) in [6.07, 6.45) is 0. The molecule has 0 atom stereocenters. The smallest absolute Gasteiger partial charge is 0.287 e. The molecular formula is C21H17N2O5-. The summed E-state index contributed by atoms with van der Waals surface area (Å²) in [6, 6.07) is 16.2. The van der Waals surface area contributed by atoms with Gasteiger partial charge in [0.05, 0.1) is 26.2 Å². The van der Waals surface area contributed by atoms with Gasteiger partial charge in [-0.05, 0) is 36.4 Å². The van der Waals surface area contributed by atoms with Crippen LogP contribution in [0.2, 0.25) is 0 Å². The highest BCUT2D eigenvalue weighted by Crippen LogP contribution is 2.25. The highest BCUT2D eigenvalue weighted by molar-refractivity contribution is 5.96. The number of nitrogens with one attached hydrogen (secondary N) is 1. The molecule has 0 saturated heterocycles. The van der Waals surface area contributed by atoms with Crippen LogP contribution in [0.25, 0.3) is 21.9 Å². The molecule has 4 rings (SSSR count). The molecule has 0 radical (unpaired) electrons. The van der Waals surface area contributed by atoms with Crippen molar-refractivity contribution in [1.82, 2.24) is 9.88 Å². The summed E-state index contributed by atoms with van der Waals surface area (Å²) < 4.78 is 12.4. The number of carboxylic acid groups (broad SMARTS) is 1. The molecule has 0 saturated carbocycles. The van der Waals surface area contributed by atoms with E-state index in [4.69, 9.17) is 9.15 Å². The summed E-state index contributed by atoms with van der Waals surface area (Å²) in [7, 11) is 1.56. The van der Waals surface area contributed by atoms with Crippen molar-refractivity contribution in [2.75, 3.05) is 7.11 Å². The van der Waals surface area contributed by atoms with Crippen LogP contribution in [0, 0.1) is 0 Å². The first-order chi connectivity index (χ1) is 13.5. The number of ether oxygens (including phenoxy) is 1. The van der Waals surface area contributed by atoms with Crippen molar-refractivity contribution in [3.05, 3.63) is 66.1 Å². The van der Waals surface area contributed by atoms with E-state index in [-0.39, 0.29) is 24.8 Å². The Morgan fingerprint density at radius 3 is 2.68 bits per heavy atom. The lowest BCUT2D eigenvalue weighted by molar-refractivity contribution is -0.306. The molecule has 0 fully saturated rings. The molecule has 2 heterocycles. The van der Waals surface area contributed by atoms with E-state index in [9.17, 15) is 14.7 Å². The van der Waals surface area contributed by atoms with Gasteiger partial charge in [-0.2, -0.15) is 0 Å². The molecule has 0 aliphatic carbocycles. The van der Waals surface area contributed by atoms with E-state index in [1.807, 2.05) is 30.3 Å². The Balaban J connectivity index is 1.60. The standard InChI is InChI=1S/C21H18N2O5/c1-27-16-6-7-17-14(9-16)8-15(23(17)12-20(24)25)11-22-21(26)19-10-13-4-2-3-5-18(13)28-19/h2-10H,11-12H2,1H3,(H,22,26)(H,24,25)/p-1. The van der Waals surface area contributed by atoms with E-state index in [1.54, 1.807) is 35.9 Å². The number of hydrogen-bond acceptors (Lipinski definition) is 5. The predicted octanol–water partition coefficient (Wildman–Crippen LogP) is 2.08. The van der Waals surface area contributed by atoms with Gasteiger partial charge < -0.3 is 28.9 Å². The Bertz CT molecular complexity index is 1160. The summed E-state index contributed by atoms with van der Waals surface area (Å²) in [5.41, 5.74) is 1.99. The van der Waals surface area contributed by atoms with E-state index in [2.05, 4.69) is 5.32 Å². The van der Waals surface area contributed by atoms with Gasteiger partial charge in [-0.3, -0.25) is 4.79 Å². The largest absolute Gasteiger partial charge is 0.548 e. The van der Waals surface area contributed by atoms with Gasteiger partial charge in [0.15, 0.2) is 5.76 Å². The Labute approximate surface area is 160 Å². The molecule has 1 amide bonds. The number of amides is 1. The van der Waals surface area contributed by atoms with Crippen molar-refractivity contribution in [1.29, 1.82) is 0 Å². The number of para-hydroxylation sites is 1. The number of aliphatic carboxylic acids is 1. The third-order valence-corrected chi connectivity index (χ3v) is 4.56. The van der Waals surface area contributed by atoms with E-state index >= 15 is 0 Å². The van der Waals surface area contributed by atoms with Gasteiger partial charge in [-0.1, -0.05) is 18.2 Å². The molecule has 2 aromatic carbocycles. The van der Waals surface area contributed by atoms with Crippen molar-refractivity contribution in [2.45, 2.75) is 13.1 Å². The maximum Gasteiger partial charge on any atom is 0.287 e. The second kappa shape index (κ2) is 7.11. The van der Waals surface area contributed by atoms with Crippen LogP contribution < -0.4 is 15.2 Å². The molecule has 0 spiro atoms. The highest BCUT2D eigenvalue weighted by atomic mass is 16.5. The fraction of sp³-hybridized carbons (Fsp3) is 0.143. The van der Waals surface area contributed by atoms with Gasteiger partial charge >= 0.3 is 0 Å². The molecule has 0 aliphatic heterocycles. The zero-order valence-corrected chi connectivity index (χ0v) is 15.1. The van der Waals surface area contributed by atoms with Crippen molar-refractivity contribution in [3.63, 3.8) is 0 Å². The average Bonchev–Trinajstić information content (AvgIpc) is 3.27. The number of carbonyl (C=O) groups is 2. The van der Waals surface area contributed by atoms with Crippen molar-refractivity contribution in [3.8, 4) is 5.75 Å². The predicted molar refractivity (Wildman–Crippen MR) is 101 cm³/mol. The van der Waals surface area contributed by atoms with Crippen LogP contribution in [0.5, 0.6) is 5.75 Å². The van der Waals surface area contributed by atoms with Crippen molar-refractivity contribution < 1.29 is 23.8 Å². The maximum absolute atomic E-state index is 12.5. The van der Waals surface area contributed by atoms with Crippen molar-refractivity contribution >= 4 is 33.7 Å². The third-order valence-electron chi connectivity index (χ3n) is 4.56. The Morgan fingerprint density at radius 1 is 1.11 bits per heavy atom. The zero-order chi connectivity index (χ0) is 19.7. The minimum absolute atomic E-state index is 0.139. The number of aromatic nitrogens is 1. The van der Waals surface area contributed by atoms with Crippen molar-refractivity contribution in [2.24, 2.45) is 0 Å². The van der Waals surface area contributed by atoms with Crippen LogP contribution >= 0.6 is 0 Å². The monoisotopic (exact) mass is 377 g/mol. The molecule has 7 heteroatoms. The highest BCUT2D eigenvalue weighted by Gasteiger charge is 2.15. The molecule has 4 aromatic rings. The lowest BCUT2D eigenvalue weighted by atomic mass is 10.2. The van der Waals surface area contributed by atoms with Crippen LogP contribution in [0.15, 0.2) is 59.0 Å². The Hall–Kier alpha value is -3.74. The molecular weight excluding hydrogens is 360 g/mol. The maximum atomic E-state index is 12.5. The summed E-state index contributed by atoms with van der Waals surface area (Å²) >= 11 is 0. The van der Waals surface area contributed by atoms with Gasteiger partial charge in [-0.25, -0.2) is 0 Å². The molecule has 0 unspecified atom stereocenters. The summed E-state index contributed by atoms with van der Waals surface area (Å²) in [6.45, 7) is -0.175. The van der Waals surface area contributed by atoms with Gasteiger partial charge in [-0.15, -0.1) is 0 Å². The zero-order valence-electron chi connectivity index (χ0n) is 15.1.